The van der Waals surface area contributed by atoms with Crippen LogP contribution in [-0.4, -0.2) is 22.5 Å². The van der Waals surface area contributed by atoms with Gasteiger partial charge in [-0.25, -0.2) is 0 Å². The maximum absolute atomic E-state index is 5.73. The first-order valence-corrected chi connectivity index (χ1v) is 8.93. The number of thioether (sulfide) groups is 1. The van der Waals surface area contributed by atoms with Crippen molar-refractivity contribution in [2.75, 3.05) is 7.11 Å². The lowest BCUT2D eigenvalue weighted by Crippen LogP contribution is -1.87. The van der Waals surface area contributed by atoms with Gasteiger partial charge in [0.25, 0.3) is 11.1 Å². The molecule has 0 spiro atoms. The van der Waals surface area contributed by atoms with Gasteiger partial charge in [0.15, 0.2) is 5.76 Å². The van der Waals surface area contributed by atoms with E-state index in [4.69, 9.17) is 13.7 Å². The lowest BCUT2D eigenvalue weighted by molar-refractivity contribution is 0.411. The Morgan fingerprint density at radius 2 is 1.81 bits per heavy atom. The number of benzene rings is 2. The van der Waals surface area contributed by atoms with Crippen LogP contribution >= 0.6 is 11.8 Å². The smallest absolute Gasteiger partial charge is 0.277 e. The Morgan fingerprint density at radius 3 is 2.65 bits per heavy atom. The Balaban J connectivity index is 1.45. The lowest BCUT2D eigenvalue weighted by Gasteiger charge is -2.03. The highest BCUT2D eigenvalue weighted by molar-refractivity contribution is 7.98. The molecule has 0 saturated carbocycles. The van der Waals surface area contributed by atoms with E-state index in [0.717, 1.165) is 22.6 Å². The van der Waals surface area contributed by atoms with Gasteiger partial charge in [-0.3, -0.25) is 0 Å². The Labute approximate surface area is 154 Å². The lowest BCUT2D eigenvalue weighted by atomic mass is 10.2. The van der Waals surface area contributed by atoms with Crippen LogP contribution in [0.5, 0.6) is 5.75 Å². The van der Waals surface area contributed by atoms with E-state index >= 15 is 0 Å². The van der Waals surface area contributed by atoms with Crippen LogP contribution in [0, 0.1) is 0 Å². The van der Waals surface area contributed by atoms with Crippen LogP contribution in [-0.2, 0) is 5.75 Å². The highest BCUT2D eigenvalue weighted by Crippen LogP contribution is 2.31. The van der Waals surface area contributed by atoms with Gasteiger partial charge < -0.3 is 13.7 Å². The van der Waals surface area contributed by atoms with Crippen molar-refractivity contribution in [3.63, 3.8) is 0 Å². The summed E-state index contributed by atoms with van der Waals surface area (Å²) in [5.74, 6) is 2.43. The zero-order valence-electron chi connectivity index (χ0n) is 14.0. The fourth-order valence-corrected chi connectivity index (χ4v) is 3.10. The molecule has 26 heavy (non-hydrogen) atoms. The average Bonchev–Trinajstić information content (AvgIpc) is 3.36. The first kappa shape index (κ1) is 16.4. The Hall–Kier alpha value is -3.06. The van der Waals surface area contributed by atoms with Crippen molar-refractivity contribution >= 4 is 11.8 Å². The van der Waals surface area contributed by atoms with Crippen LogP contribution in [0.3, 0.4) is 0 Å². The van der Waals surface area contributed by atoms with E-state index in [2.05, 4.69) is 15.4 Å². The molecule has 130 valence electrons. The second kappa shape index (κ2) is 7.45. The van der Waals surface area contributed by atoms with E-state index in [1.165, 1.54) is 11.8 Å². The van der Waals surface area contributed by atoms with E-state index < -0.39 is 0 Å². The molecule has 0 radical (unpaired) electrons. The second-order valence-corrected chi connectivity index (χ2v) is 6.34. The quantitative estimate of drug-likeness (QED) is 0.459. The van der Waals surface area contributed by atoms with Crippen molar-refractivity contribution < 1.29 is 13.7 Å². The molecular weight excluding hydrogens is 350 g/mol. The number of hydrogen-bond acceptors (Lipinski definition) is 7. The van der Waals surface area contributed by atoms with Gasteiger partial charge in [0.2, 0.25) is 0 Å². The van der Waals surface area contributed by atoms with Crippen molar-refractivity contribution in [3.05, 3.63) is 66.4 Å². The summed E-state index contributed by atoms with van der Waals surface area (Å²) in [4.78, 5) is 0. The molecule has 0 aliphatic heterocycles. The third-order valence-electron chi connectivity index (χ3n) is 3.70. The van der Waals surface area contributed by atoms with E-state index in [1.54, 1.807) is 7.11 Å². The minimum Gasteiger partial charge on any atom is -0.496 e. The van der Waals surface area contributed by atoms with Gasteiger partial charge in [-0.1, -0.05) is 59.4 Å². The molecule has 0 unspecified atom stereocenters. The fourth-order valence-electron chi connectivity index (χ4n) is 2.45. The number of hydrogen-bond donors (Lipinski definition) is 0. The highest BCUT2D eigenvalue weighted by atomic mass is 32.2. The van der Waals surface area contributed by atoms with Gasteiger partial charge >= 0.3 is 0 Å². The van der Waals surface area contributed by atoms with Gasteiger partial charge in [-0.2, -0.15) is 0 Å². The van der Waals surface area contributed by atoms with Crippen molar-refractivity contribution in [2.24, 2.45) is 0 Å². The molecule has 0 aliphatic carbocycles. The summed E-state index contributed by atoms with van der Waals surface area (Å²) in [6.07, 6.45) is 0. The average molecular weight is 365 g/mol. The van der Waals surface area contributed by atoms with Gasteiger partial charge in [-0.05, 0) is 12.1 Å². The molecule has 0 fully saturated rings. The zero-order valence-corrected chi connectivity index (χ0v) is 14.8. The topological polar surface area (TPSA) is 74.2 Å². The number of methoxy groups -OCH3 is 1. The van der Waals surface area contributed by atoms with Crippen LogP contribution in [0.2, 0.25) is 0 Å². The summed E-state index contributed by atoms with van der Waals surface area (Å²) in [6, 6.07) is 19.3. The molecule has 2 heterocycles. The number of nitrogens with zero attached hydrogens (tertiary/aromatic N) is 3. The van der Waals surface area contributed by atoms with Crippen molar-refractivity contribution in [3.8, 4) is 28.5 Å². The first-order chi connectivity index (χ1) is 12.8. The Bertz CT molecular complexity index is 998. The van der Waals surface area contributed by atoms with Crippen molar-refractivity contribution in [2.45, 2.75) is 11.0 Å². The van der Waals surface area contributed by atoms with E-state index in [9.17, 15) is 0 Å². The number of ether oxygens (including phenoxy) is 1. The minimum atomic E-state index is 0.426. The number of rotatable bonds is 6. The second-order valence-electron chi connectivity index (χ2n) is 5.41. The minimum absolute atomic E-state index is 0.426. The first-order valence-electron chi connectivity index (χ1n) is 7.94. The predicted molar refractivity (Wildman–Crippen MR) is 97.8 cm³/mol. The fraction of sp³-hybridized carbons (Fsp3) is 0.105. The molecule has 0 bridgehead atoms. The highest BCUT2D eigenvalue weighted by Gasteiger charge is 2.14. The van der Waals surface area contributed by atoms with Crippen molar-refractivity contribution in [1.29, 1.82) is 0 Å². The summed E-state index contributed by atoms with van der Waals surface area (Å²) >= 11 is 1.41. The normalized spacial score (nSPS) is 10.8. The van der Waals surface area contributed by atoms with E-state index in [1.807, 2.05) is 60.7 Å². The molecule has 0 atom stereocenters. The van der Waals surface area contributed by atoms with Gasteiger partial charge in [0.05, 0.1) is 18.4 Å². The van der Waals surface area contributed by atoms with Crippen LogP contribution in [0.4, 0.5) is 0 Å². The maximum atomic E-state index is 5.73. The Kier molecular flexibility index (Phi) is 4.70. The molecule has 0 saturated heterocycles. The third kappa shape index (κ3) is 3.48. The summed E-state index contributed by atoms with van der Waals surface area (Å²) < 4.78 is 16.5. The summed E-state index contributed by atoms with van der Waals surface area (Å²) in [7, 11) is 1.61. The van der Waals surface area contributed by atoms with Gasteiger partial charge in [0.1, 0.15) is 5.75 Å². The standard InChI is InChI=1S/C19H15N3O3S/c1-23-16-10-6-5-9-15(16)18-20-21-19(24-18)26-12-14-11-17(25-22-14)13-7-3-2-4-8-13/h2-11H,12H2,1H3. The van der Waals surface area contributed by atoms with Crippen LogP contribution in [0.25, 0.3) is 22.8 Å². The number of aromatic nitrogens is 3. The van der Waals surface area contributed by atoms with Gasteiger partial charge in [-0.15, -0.1) is 10.2 Å². The molecule has 0 aliphatic rings. The monoisotopic (exact) mass is 365 g/mol. The largest absolute Gasteiger partial charge is 0.496 e. The Morgan fingerprint density at radius 1 is 1.00 bits per heavy atom. The summed E-state index contributed by atoms with van der Waals surface area (Å²) in [6.45, 7) is 0. The van der Waals surface area contributed by atoms with Crippen LogP contribution < -0.4 is 4.74 Å². The SMILES string of the molecule is COc1ccccc1-c1nnc(SCc2cc(-c3ccccc3)on2)o1. The molecule has 6 nitrogen and oxygen atoms in total. The third-order valence-corrected chi connectivity index (χ3v) is 4.56. The molecular formula is C19H15N3O3S. The van der Waals surface area contributed by atoms with Crippen LogP contribution in [0.1, 0.15) is 5.69 Å². The molecule has 0 N–H and O–H groups in total. The summed E-state index contributed by atoms with van der Waals surface area (Å²) in [5.41, 5.74) is 2.57. The molecule has 7 heteroatoms. The number of para-hydroxylation sites is 1. The van der Waals surface area contributed by atoms with Gasteiger partial charge in [0, 0.05) is 17.4 Å². The van der Waals surface area contributed by atoms with E-state index in [-0.39, 0.29) is 0 Å². The molecule has 2 aromatic heterocycles. The van der Waals surface area contributed by atoms with Crippen molar-refractivity contribution in [1.82, 2.24) is 15.4 Å². The zero-order chi connectivity index (χ0) is 17.8. The molecule has 4 rings (SSSR count). The molecule has 4 aromatic rings. The predicted octanol–water partition coefficient (Wildman–Crippen LogP) is 4.69. The van der Waals surface area contributed by atoms with E-state index in [0.29, 0.717) is 22.6 Å². The maximum Gasteiger partial charge on any atom is 0.277 e. The van der Waals surface area contributed by atoms with Crippen LogP contribution in [0.15, 0.2) is 74.8 Å². The summed E-state index contributed by atoms with van der Waals surface area (Å²) in [5, 5.41) is 12.7. The molecule has 2 aromatic carbocycles. The molecule has 0 amide bonds.